The van der Waals surface area contributed by atoms with Crippen LogP contribution in [-0.4, -0.2) is 26.4 Å². The van der Waals surface area contributed by atoms with E-state index in [9.17, 15) is 0 Å². The van der Waals surface area contributed by atoms with Crippen LogP contribution >= 0.6 is 0 Å². The van der Waals surface area contributed by atoms with E-state index in [1.54, 1.807) is 36.0 Å². The molecule has 4 rings (SSSR count). The van der Waals surface area contributed by atoms with Crippen molar-refractivity contribution in [3.63, 3.8) is 0 Å². The molecule has 0 atom stereocenters. The summed E-state index contributed by atoms with van der Waals surface area (Å²) in [6.07, 6.45) is 5.11. The molecule has 3 heteroatoms. The van der Waals surface area contributed by atoms with Crippen molar-refractivity contribution in [1.29, 1.82) is 0 Å². The van der Waals surface area contributed by atoms with Crippen molar-refractivity contribution in [2.75, 3.05) is 26.4 Å². The van der Waals surface area contributed by atoms with E-state index in [-0.39, 0.29) is 10.8 Å². The SMILES string of the molecule is C1CCOC1.C1CCOC1.CC1=C(C)C(C)(C)[C]([Sm][C]2=C(C)C(C)=C(C)C2(C)C)=C1C. The molecule has 2 fully saturated rings. The molecule has 0 unspecified atom stereocenters. The van der Waals surface area contributed by atoms with Crippen LogP contribution in [0.15, 0.2) is 36.0 Å². The molecular weight excluding hydrogens is 519 g/mol. The summed E-state index contributed by atoms with van der Waals surface area (Å²) in [5, 5.41) is 0. The van der Waals surface area contributed by atoms with Gasteiger partial charge in [-0.15, -0.1) is 0 Å². The Kier molecular flexibility index (Phi) is 10.2. The molecule has 0 aromatic rings. The minimum absolute atomic E-state index is 0.284. The molecule has 176 valence electrons. The standard InChI is InChI=1S/2C10H15.2C4H8O.Sm/c2*1-7-6-10(4,5)9(3)8(7)2;2*1-2-4-5-3-1;/h2*1-5H3;2*1-4H2;. The van der Waals surface area contributed by atoms with E-state index in [2.05, 4.69) is 69.2 Å². The Morgan fingerprint density at radius 1 is 0.516 bits per heavy atom. The van der Waals surface area contributed by atoms with Crippen molar-refractivity contribution in [2.24, 2.45) is 10.8 Å². The Labute approximate surface area is 212 Å². The van der Waals surface area contributed by atoms with Crippen LogP contribution in [0.1, 0.15) is 94.9 Å². The number of rotatable bonds is 2. The van der Waals surface area contributed by atoms with Crippen LogP contribution in [0.2, 0.25) is 0 Å². The fourth-order valence-electron chi connectivity index (χ4n) is 4.65. The van der Waals surface area contributed by atoms with Gasteiger partial charge >= 0.3 is 152 Å². The predicted molar refractivity (Wildman–Crippen MR) is 130 cm³/mol. The Morgan fingerprint density at radius 2 is 0.806 bits per heavy atom. The van der Waals surface area contributed by atoms with Crippen molar-refractivity contribution in [2.45, 2.75) is 94.9 Å². The molecule has 31 heavy (non-hydrogen) atoms. The quantitative estimate of drug-likeness (QED) is 0.339. The molecular formula is C28H46O2Sm. The molecule has 2 nitrogen and oxygen atoms in total. The summed E-state index contributed by atoms with van der Waals surface area (Å²) >= 11 is -0.694. The first-order valence-electron chi connectivity index (χ1n) is 12.1. The first kappa shape index (κ1) is 27.5. The second-order valence-corrected chi connectivity index (χ2v) is 13.7. The number of hydrogen-bond acceptors (Lipinski definition) is 2. The van der Waals surface area contributed by atoms with Crippen molar-refractivity contribution in [3.05, 3.63) is 36.0 Å². The molecule has 0 amide bonds. The third-order valence-electron chi connectivity index (χ3n) is 7.80. The summed E-state index contributed by atoms with van der Waals surface area (Å²) in [6.45, 7) is 27.7. The van der Waals surface area contributed by atoms with Gasteiger partial charge in [0.05, 0.1) is 0 Å². The summed E-state index contributed by atoms with van der Waals surface area (Å²) in [5.41, 5.74) is 10.0. The van der Waals surface area contributed by atoms with Gasteiger partial charge < -0.3 is 9.47 Å². The van der Waals surface area contributed by atoms with Gasteiger partial charge in [0.15, 0.2) is 0 Å². The summed E-state index contributed by atoms with van der Waals surface area (Å²) in [7, 11) is 0. The Bertz CT molecular complexity index is 701. The second kappa shape index (κ2) is 11.6. The molecule has 0 spiro atoms. The van der Waals surface area contributed by atoms with Crippen molar-refractivity contribution >= 4 is 0 Å². The molecule has 0 aromatic carbocycles. The first-order chi connectivity index (χ1) is 14.4. The molecule has 2 aliphatic heterocycles. The van der Waals surface area contributed by atoms with Crippen molar-refractivity contribution in [3.8, 4) is 0 Å². The molecule has 2 aliphatic carbocycles. The summed E-state index contributed by atoms with van der Waals surface area (Å²) in [4.78, 5) is 0. The summed E-state index contributed by atoms with van der Waals surface area (Å²) < 4.78 is 13.5. The molecule has 2 saturated heterocycles. The van der Waals surface area contributed by atoms with E-state index < -0.39 is 36.3 Å². The molecule has 0 saturated carbocycles. The third kappa shape index (κ3) is 6.22. The van der Waals surface area contributed by atoms with Crippen LogP contribution < -0.4 is 0 Å². The van der Waals surface area contributed by atoms with E-state index >= 15 is 0 Å². The Balaban J connectivity index is 0.000000276. The maximum absolute atomic E-state index is 4.94. The van der Waals surface area contributed by atoms with E-state index in [1.807, 2.05) is 0 Å². The normalized spacial score (nSPS) is 24.6. The molecule has 0 bridgehead atoms. The van der Waals surface area contributed by atoms with Gasteiger partial charge in [-0.05, 0) is 25.7 Å². The van der Waals surface area contributed by atoms with E-state index in [4.69, 9.17) is 9.47 Å². The fraction of sp³-hybridized carbons (Fsp3) is 0.714. The van der Waals surface area contributed by atoms with Gasteiger partial charge in [0.25, 0.3) is 0 Å². The zero-order valence-electron chi connectivity index (χ0n) is 21.9. The number of hydrogen-bond donors (Lipinski definition) is 0. The Morgan fingerprint density at radius 3 is 0.968 bits per heavy atom. The topological polar surface area (TPSA) is 18.5 Å². The van der Waals surface area contributed by atoms with Crippen LogP contribution in [0.3, 0.4) is 0 Å². The maximum atomic E-state index is 4.94. The predicted octanol–water partition coefficient (Wildman–Crippen LogP) is 7.97. The van der Waals surface area contributed by atoms with Gasteiger partial charge in [0.2, 0.25) is 0 Å². The average molecular weight is 565 g/mol. The molecule has 2 heterocycles. The second-order valence-electron chi connectivity index (χ2n) is 10.4. The van der Waals surface area contributed by atoms with E-state index in [1.165, 1.54) is 25.7 Å². The molecule has 0 radical (unpaired) electrons. The van der Waals surface area contributed by atoms with Crippen molar-refractivity contribution < 1.29 is 45.8 Å². The monoisotopic (exact) mass is 566 g/mol. The summed E-state index contributed by atoms with van der Waals surface area (Å²) in [5.74, 6) is 0. The molecule has 0 aromatic heterocycles. The van der Waals surface area contributed by atoms with Crippen LogP contribution in [0.5, 0.6) is 0 Å². The first-order valence-corrected chi connectivity index (χ1v) is 14.7. The van der Waals surface area contributed by atoms with Crippen LogP contribution in [0.25, 0.3) is 0 Å². The molecule has 0 N–H and O–H groups in total. The van der Waals surface area contributed by atoms with Gasteiger partial charge in [0.1, 0.15) is 0 Å². The third-order valence-corrected chi connectivity index (χ3v) is 14.3. The molecule has 4 aliphatic rings. The average Bonchev–Trinajstić information content (AvgIpc) is 3.52. The summed E-state index contributed by atoms with van der Waals surface area (Å²) in [6, 6.07) is 0. The van der Waals surface area contributed by atoms with Gasteiger partial charge in [-0.3, -0.25) is 0 Å². The van der Waals surface area contributed by atoms with Gasteiger partial charge in [-0.1, -0.05) is 0 Å². The zero-order valence-corrected chi connectivity index (χ0v) is 24.5. The minimum atomic E-state index is -0.694. The fourth-order valence-corrected chi connectivity index (χ4v) is 9.89. The van der Waals surface area contributed by atoms with E-state index in [0.717, 1.165) is 26.4 Å². The van der Waals surface area contributed by atoms with Crippen LogP contribution in [0, 0.1) is 47.1 Å². The Hall–Kier alpha value is 0.218. The van der Waals surface area contributed by atoms with Crippen LogP contribution in [-0.2, 0) is 9.47 Å². The van der Waals surface area contributed by atoms with Gasteiger partial charge in [-0.2, -0.15) is 0 Å². The van der Waals surface area contributed by atoms with Gasteiger partial charge in [-0.25, -0.2) is 0 Å². The number of ether oxygens (including phenoxy) is 2. The van der Waals surface area contributed by atoms with Crippen LogP contribution in [0.4, 0.5) is 0 Å². The number of allylic oxidation sites excluding steroid dienone is 8. The van der Waals surface area contributed by atoms with Crippen molar-refractivity contribution in [1.82, 2.24) is 0 Å². The van der Waals surface area contributed by atoms with Gasteiger partial charge in [0, 0.05) is 26.4 Å². The zero-order chi connectivity index (χ0) is 23.4. The van der Waals surface area contributed by atoms with E-state index in [0.29, 0.717) is 0 Å².